The standard InChI is InChI=1S/C12H17BrN2/c1-8(14-2)12-7-9-6-10(13)4-5-11(9)15(12)3/h4-6,8,12,14H,7H2,1-3H3. The van der Waals surface area contributed by atoms with Crippen molar-refractivity contribution in [1.29, 1.82) is 0 Å². The maximum absolute atomic E-state index is 3.52. The Balaban J connectivity index is 2.28. The summed E-state index contributed by atoms with van der Waals surface area (Å²) in [6.45, 7) is 2.24. The van der Waals surface area contributed by atoms with Gasteiger partial charge in [0.2, 0.25) is 0 Å². The van der Waals surface area contributed by atoms with Crippen LogP contribution in [0.3, 0.4) is 0 Å². The van der Waals surface area contributed by atoms with Gasteiger partial charge in [-0.3, -0.25) is 0 Å². The van der Waals surface area contributed by atoms with Crippen LogP contribution in [0.1, 0.15) is 12.5 Å². The number of hydrogen-bond donors (Lipinski definition) is 1. The fourth-order valence-electron chi connectivity index (χ4n) is 2.31. The third-order valence-electron chi connectivity index (χ3n) is 3.38. The molecule has 2 rings (SSSR count). The van der Waals surface area contributed by atoms with Crippen molar-refractivity contribution in [1.82, 2.24) is 5.32 Å². The van der Waals surface area contributed by atoms with E-state index in [1.807, 2.05) is 7.05 Å². The van der Waals surface area contributed by atoms with Gasteiger partial charge < -0.3 is 10.2 Å². The van der Waals surface area contributed by atoms with E-state index in [9.17, 15) is 0 Å². The molecule has 0 aromatic heterocycles. The Hall–Kier alpha value is -0.540. The number of nitrogens with zero attached hydrogens (tertiary/aromatic N) is 1. The van der Waals surface area contributed by atoms with Gasteiger partial charge in [0.05, 0.1) is 0 Å². The van der Waals surface area contributed by atoms with E-state index in [1.54, 1.807) is 0 Å². The van der Waals surface area contributed by atoms with Gasteiger partial charge in [0.15, 0.2) is 0 Å². The number of anilines is 1. The van der Waals surface area contributed by atoms with Crippen LogP contribution in [-0.2, 0) is 6.42 Å². The zero-order valence-electron chi connectivity index (χ0n) is 9.42. The second-order valence-corrected chi connectivity index (χ2v) is 5.15. The molecule has 0 aliphatic carbocycles. The number of halogens is 1. The molecule has 1 aromatic rings. The van der Waals surface area contributed by atoms with Crippen molar-refractivity contribution < 1.29 is 0 Å². The van der Waals surface area contributed by atoms with Crippen LogP contribution in [0.25, 0.3) is 0 Å². The molecule has 82 valence electrons. The van der Waals surface area contributed by atoms with Crippen molar-refractivity contribution in [3.63, 3.8) is 0 Å². The first-order valence-corrected chi connectivity index (χ1v) is 6.11. The monoisotopic (exact) mass is 268 g/mol. The molecule has 0 spiro atoms. The Kier molecular flexibility index (Phi) is 3.03. The molecule has 1 heterocycles. The van der Waals surface area contributed by atoms with Crippen LogP contribution in [0.5, 0.6) is 0 Å². The minimum Gasteiger partial charge on any atom is -0.369 e. The average molecular weight is 269 g/mol. The zero-order chi connectivity index (χ0) is 11.0. The van der Waals surface area contributed by atoms with Gasteiger partial charge in [-0.25, -0.2) is 0 Å². The number of rotatable bonds is 2. The van der Waals surface area contributed by atoms with Crippen molar-refractivity contribution in [3.8, 4) is 0 Å². The minimum atomic E-state index is 0.515. The predicted octanol–water partition coefficient (Wildman–Crippen LogP) is 2.42. The molecular formula is C12H17BrN2. The van der Waals surface area contributed by atoms with Crippen molar-refractivity contribution in [3.05, 3.63) is 28.2 Å². The van der Waals surface area contributed by atoms with Crippen LogP contribution in [0.2, 0.25) is 0 Å². The summed E-state index contributed by atoms with van der Waals surface area (Å²) in [6, 6.07) is 7.62. The smallest absolute Gasteiger partial charge is 0.0478 e. The Morgan fingerprint density at radius 3 is 2.93 bits per heavy atom. The zero-order valence-corrected chi connectivity index (χ0v) is 11.0. The maximum Gasteiger partial charge on any atom is 0.0478 e. The van der Waals surface area contributed by atoms with E-state index in [0.717, 1.165) is 6.42 Å². The summed E-state index contributed by atoms with van der Waals surface area (Å²) in [5, 5.41) is 3.33. The van der Waals surface area contributed by atoms with Gasteiger partial charge in [-0.05, 0) is 44.2 Å². The summed E-state index contributed by atoms with van der Waals surface area (Å²) in [6.07, 6.45) is 1.13. The van der Waals surface area contributed by atoms with E-state index in [-0.39, 0.29) is 0 Å². The summed E-state index contributed by atoms with van der Waals surface area (Å²) in [5.41, 5.74) is 2.81. The number of likely N-dealkylation sites (N-methyl/N-ethyl adjacent to an activating group) is 2. The van der Waals surface area contributed by atoms with Crippen LogP contribution >= 0.6 is 15.9 Å². The van der Waals surface area contributed by atoms with E-state index in [1.165, 1.54) is 15.7 Å². The van der Waals surface area contributed by atoms with Crippen LogP contribution in [0, 0.1) is 0 Å². The lowest BCUT2D eigenvalue weighted by Crippen LogP contribution is -2.44. The number of hydrogen-bond acceptors (Lipinski definition) is 2. The van der Waals surface area contributed by atoms with Gasteiger partial charge in [0.25, 0.3) is 0 Å². The Labute approximate surface area is 99.8 Å². The lowest BCUT2D eigenvalue weighted by atomic mass is 10.1. The molecule has 15 heavy (non-hydrogen) atoms. The molecule has 0 radical (unpaired) electrons. The molecular weight excluding hydrogens is 252 g/mol. The van der Waals surface area contributed by atoms with Gasteiger partial charge in [0.1, 0.15) is 0 Å². The summed E-state index contributed by atoms with van der Waals surface area (Å²) < 4.78 is 1.17. The van der Waals surface area contributed by atoms with Gasteiger partial charge in [-0.2, -0.15) is 0 Å². The van der Waals surface area contributed by atoms with E-state index >= 15 is 0 Å². The van der Waals surface area contributed by atoms with Gasteiger partial charge in [-0.1, -0.05) is 15.9 Å². The Morgan fingerprint density at radius 2 is 2.27 bits per heavy atom. The molecule has 2 atom stereocenters. The molecule has 0 saturated heterocycles. The minimum absolute atomic E-state index is 0.515. The second kappa shape index (κ2) is 4.14. The van der Waals surface area contributed by atoms with Gasteiger partial charge in [-0.15, -0.1) is 0 Å². The lowest BCUT2D eigenvalue weighted by Gasteiger charge is -2.27. The largest absolute Gasteiger partial charge is 0.369 e. The van der Waals surface area contributed by atoms with Crippen molar-refractivity contribution in [2.75, 3.05) is 19.0 Å². The van der Waals surface area contributed by atoms with E-state index in [0.29, 0.717) is 12.1 Å². The summed E-state index contributed by atoms with van der Waals surface area (Å²) >= 11 is 3.52. The molecule has 1 aliphatic heterocycles. The topological polar surface area (TPSA) is 15.3 Å². The first-order chi connectivity index (χ1) is 7.13. The first-order valence-electron chi connectivity index (χ1n) is 5.32. The predicted molar refractivity (Wildman–Crippen MR) is 68.6 cm³/mol. The van der Waals surface area contributed by atoms with Crippen molar-refractivity contribution >= 4 is 21.6 Å². The highest BCUT2D eigenvalue weighted by molar-refractivity contribution is 9.10. The first kappa shape index (κ1) is 11.0. The average Bonchev–Trinajstić information content (AvgIpc) is 2.54. The highest BCUT2D eigenvalue weighted by Crippen LogP contribution is 2.33. The van der Waals surface area contributed by atoms with Gasteiger partial charge >= 0.3 is 0 Å². The van der Waals surface area contributed by atoms with Crippen molar-refractivity contribution in [2.45, 2.75) is 25.4 Å². The van der Waals surface area contributed by atoms with E-state index < -0.39 is 0 Å². The van der Waals surface area contributed by atoms with Crippen LogP contribution in [0.15, 0.2) is 22.7 Å². The number of benzene rings is 1. The highest BCUT2D eigenvalue weighted by Gasteiger charge is 2.29. The van der Waals surface area contributed by atoms with Gasteiger partial charge in [0, 0.05) is 29.3 Å². The molecule has 0 saturated carbocycles. The lowest BCUT2D eigenvalue weighted by molar-refractivity contribution is 0.488. The Bertz CT molecular complexity index is 365. The molecule has 0 fully saturated rings. The van der Waals surface area contributed by atoms with Crippen molar-refractivity contribution in [2.24, 2.45) is 0 Å². The molecule has 2 unspecified atom stereocenters. The fraction of sp³-hybridized carbons (Fsp3) is 0.500. The molecule has 1 N–H and O–H groups in total. The molecule has 1 aliphatic rings. The molecule has 0 amide bonds. The molecule has 1 aromatic carbocycles. The number of fused-ring (bicyclic) bond motifs is 1. The SMILES string of the molecule is CNC(C)C1Cc2cc(Br)ccc2N1C. The molecule has 0 bridgehead atoms. The summed E-state index contributed by atoms with van der Waals surface area (Å²) in [5.74, 6) is 0. The molecule has 3 heteroatoms. The van der Waals surface area contributed by atoms with E-state index in [4.69, 9.17) is 0 Å². The van der Waals surface area contributed by atoms with Crippen LogP contribution < -0.4 is 10.2 Å². The van der Waals surface area contributed by atoms with E-state index in [2.05, 4.69) is 58.3 Å². The molecule has 2 nitrogen and oxygen atoms in total. The fourth-order valence-corrected chi connectivity index (χ4v) is 2.72. The summed E-state index contributed by atoms with van der Waals surface area (Å²) in [7, 11) is 4.20. The second-order valence-electron chi connectivity index (χ2n) is 4.23. The maximum atomic E-state index is 3.52. The number of nitrogens with one attached hydrogen (secondary N) is 1. The van der Waals surface area contributed by atoms with Crippen LogP contribution in [-0.4, -0.2) is 26.2 Å². The highest BCUT2D eigenvalue weighted by atomic mass is 79.9. The quantitative estimate of drug-likeness (QED) is 0.887. The normalized spacial score (nSPS) is 21.6. The third kappa shape index (κ3) is 1.91. The Morgan fingerprint density at radius 1 is 1.53 bits per heavy atom. The van der Waals surface area contributed by atoms with Crippen LogP contribution in [0.4, 0.5) is 5.69 Å². The third-order valence-corrected chi connectivity index (χ3v) is 3.87. The summed E-state index contributed by atoms with van der Waals surface area (Å²) in [4.78, 5) is 2.38.